The molecule has 0 fully saturated rings. The van der Waals surface area contributed by atoms with E-state index in [-0.39, 0.29) is 6.04 Å². The molecule has 0 aliphatic carbocycles. The lowest BCUT2D eigenvalue weighted by molar-refractivity contribution is 0.522. The molecule has 108 valence electrons. The summed E-state index contributed by atoms with van der Waals surface area (Å²) in [5, 5.41) is 0. The van der Waals surface area contributed by atoms with Gasteiger partial charge in [0.1, 0.15) is 5.82 Å². The molecule has 1 heterocycles. The van der Waals surface area contributed by atoms with E-state index < -0.39 is 0 Å². The van der Waals surface area contributed by atoms with Crippen LogP contribution in [0.4, 0.5) is 0 Å². The van der Waals surface area contributed by atoms with Crippen LogP contribution in [0.3, 0.4) is 0 Å². The van der Waals surface area contributed by atoms with Gasteiger partial charge in [-0.2, -0.15) is 0 Å². The summed E-state index contributed by atoms with van der Waals surface area (Å²) >= 11 is 3.60. The molecule has 0 amide bonds. The molecule has 2 aromatic rings. The standard InChI is InChI=1S/C15H21BrN4/c1-4-20-6-5-18-14(20)9-13(19-17)12-7-10(2)15(16)11(3)8-12/h5-8,13,19H,4,9,17H2,1-3H3. The van der Waals surface area contributed by atoms with Crippen molar-refractivity contribution in [3.8, 4) is 0 Å². The lowest BCUT2D eigenvalue weighted by Gasteiger charge is -2.18. The highest BCUT2D eigenvalue weighted by Crippen LogP contribution is 2.26. The van der Waals surface area contributed by atoms with Crippen LogP contribution < -0.4 is 11.3 Å². The first kappa shape index (κ1) is 15.2. The summed E-state index contributed by atoms with van der Waals surface area (Å²) in [4.78, 5) is 4.42. The Kier molecular flexibility index (Phi) is 4.96. The van der Waals surface area contributed by atoms with Crippen LogP contribution in [0.15, 0.2) is 29.0 Å². The fourth-order valence-electron chi connectivity index (χ4n) is 2.45. The third-order valence-corrected chi connectivity index (χ3v) is 4.84. The van der Waals surface area contributed by atoms with Gasteiger partial charge in [0, 0.05) is 29.8 Å². The first-order chi connectivity index (χ1) is 9.56. The van der Waals surface area contributed by atoms with E-state index in [1.807, 2.05) is 12.4 Å². The zero-order valence-corrected chi connectivity index (χ0v) is 13.7. The Bertz CT molecular complexity index is 568. The number of hydrogen-bond donors (Lipinski definition) is 2. The van der Waals surface area contributed by atoms with Crippen molar-refractivity contribution in [3.05, 3.63) is 51.5 Å². The number of aryl methyl sites for hydroxylation is 3. The van der Waals surface area contributed by atoms with Crippen LogP contribution >= 0.6 is 15.9 Å². The molecule has 0 aliphatic rings. The number of benzene rings is 1. The SMILES string of the molecule is CCn1ccnc1CC(NN)c1cc(C)c(Br)c(C)c1. The second-order valence-corrected chi connectivity index (χ2v) is 5.81. The molecule has 5 heteroatoms. The number of hydrogen-bond acceptors (Lipinski definition) is 3. The predicted octanol–water partition coefficient (Wildman–Crippen LogP) is 3.03. The highest BCUT2D eigenvalue weighted by Gasteiger charge is 2.15. The van der Waals surface area contributed by atoms with Gasteiger partial charge in [-0.1, -0.05) is 28.1 Å². The molecular formula is C15H21BrN4. The van der Waals surface area contributed by atoms with Crippen molar-refractivity contribution in [2.45, 2.75) is 39.8 Å². The summed E-state index contributed by atoms with van der Waals surface area (Å²) in [6.07, 6.45) is 4.61. The molecule has 4 nitrogen and oxygen atoms in total. The van der Waals surface area contributed by atoms with Crippen molar-refractivity contribution < 1.29 is 0 Å². The average Bonchev–Trinajstić information content (AvgIpc) is 2.88. The van der Waals surface area contributed by atoms with E-state index in [4.69, 9.17) is 5.84 Å². The number of rotatable bonds is 5. The Morgan fingerprint density at radius 3 is 2.55 bits per heavy atom. The minimum absolute atomic E-state index is 0.0631. The number of imidazole rings is 1. The molecule has 20 heavy (non-hydrogen) atoms. The topological polar surface area (TPSA) is 55.9 Å². The first-order valence-corrected chi connectivity index (χ1v) is 7.58. The zero-order valence-electron chi connectivity index (χ0n) is 12.2. The van der Waals surface area contributed by atoms with Crippen molar-refractivity contribution in [3.63, 3.8) is 0 Å². The second-order valence-electron chi connectivity index (χ2n) is 5.02. The number of hydrazine groups is 1. The first-order valence-electron chi connectivity index (χ1n) is 6.79. The van der Waals surface area contributed by atoms with Crippen molar-refractivity contribution >= 4 is 15.9 Å². The van der Waals surface area contributed by atoms with Gasteiger partial charge in [0.05, 0.1) is 6.04 Å². The van der Waals surface area contributed by atoms with Gasteiger partial charge in [0.25, 0.3) is 0 Å². The summed E-state index contributed by atoms with van der Waals surface area (Å²) in [7, 11) is 0. The lowest BCUT2D eigenvalue weighted by Crippen LogP contribution is -2.30. The van der Waals surface area contributed by atoms with Gasteiger partial charge < -0.3 is 4.57 Å². The van der Waals surface area contributed by atoms with Crippen molar-refractivity contribution in [2.24, 2.45) is 5.84 Å². The highest BCUT2D eigenvalue weighted by molar-refractivity contribution is 9.10. The fourth-order valence-corrected chi connectivity index (χ4v) is 2.68. The lowest BCUT2D eigenvalue weighted by atomic mass is 9.99. The molecule has 0 saturated heterocycles. The van der Waals surface area contributed by atoms with E-state index in [1.165, 1.54) is 16.7 Å². The maximum Gasteiger partial charge on any atom is 0.110 e. The molecule has 1 unspecified atom stereocenters. The summed E-state index contributed by atoms with van der Waals surface area (Å²) in [6.45, 7) is 7.23. The van der Waals surface area contributed by atoms with E-state index in [0.717, 1.165) is 23.3 Å². The van der Waals surface area contributed by atoms with Crippen LogP contribution in [0.5, 0.6) is 0 Å². The Morgan fingerprint density at radius 1 is 1.35 bits per heavy atom. The molecule has 0 saturated carbocycles. The minimum atomic E-state index is 0.0631. The van der Waals surface area contributed by atoms with Crippen molar-refractivity contribution in [1.29, 1.82) is 0 Å². The monoisotopic (exact) mass is 336 g/mol. The van der Waals surface area contributed by atoms with E-state index in [1.54, 1.807) is 0 Å². The summed E-state index contributed by atoms with van der Waals surface area (Å²) in [5.74, 6) is 6.80. The highest BCUT2D eigenvalue weighted by atomic mass is 79.9. The third kappa shape index (κ3) is 3.11. The maximum atomic E-state index is 5.75. The largest absolute Gasteiger partial charge is 0.335 e. The number of nitrogens with zero attached hydrogens (tertiary/aromatic N) is 2. The zero-order chi connectivity index (χ0) is 14.7. The molecule has 0 aliphatic heterocycles. The van der Waals surface area contributed by atoms with Gasteiger partial charge in [0.15, 0.2) is 0 Å². The molecule has 1 aromatic carbocycles. The molecule has 1 aromatic heterocycles. The Hall–Kier alpha value is -1.17. The van der Waals surface area contributed by atoms with Crippen LogP contribution in [0.2, 0.25) is 0 Å². The number of halogens is 1. The van der Waals surface area contributed by atoms with Gasteiger partial charge in [0.2, 0.25) is 0 Å². The Morgan fingerprint density at radius 2 is 2.00 bits per heavy atom. The predicted molar refractivity (Wildman–Crippen MR) is 85.3 cm³/mol. The average molecular weight is 337 g/mol. The summed E-state index contributed by atoms with van der Waals surface area (Å²) in [6, 6.07) is 4.40. The minimum Gasteiger partial charge on any atom is -0.335 e. The van der Waals surface area contributed by atoms with E-state index in [0.29, 0.717) is 0 Å². The number of nitrogens with two attached hydrogens (primary N) is 1. The Balaban J connectivity index is 2.29. The van der Waals surface area contributed by atoms with Gasteiger partial charge >= 0.3 is 0 Å². The summed E-state index contributed by atoms with van der Waals surface area (Å²) < 4.78 is 3.30. The molecular weight excluding hydrogens is 316 g/mol. The van der Waals surface area contributed by atoms with Gasteiger partial charge in [-0.15, -0.1) is 0 Å². The van der Waals surface area contributed by atoms with Crippen LogP contribution in [0.1, 0.15) is 35.5 Å². The molecule has 0 spiro atoms. The smallest absolute Gasteiger partial charge is 0.110 e. The quantitative estimate of drug-likeness (QED) is 0.651. The van der Waals surface area contributed by atoms with Gasteiger partial charge in [-0.05, 0) is 37.5 Å². The molecule has 2 rings (SSSR count). The fraction of sp³-hybridized carbons (Fsp3) is 0.400. The van der Waals surface area contributed by atoms with Crippen molar-refractivity contribution in [1.82, 2.24) is 15.0 Å². The van der Waals surface area contributed by atoms with Crippen LogP contribution in [-0.4, -0.2) is 9.55 Å². The number of aromatic nitrogens is 2. The van der Waals surface area contributed by atoms with E-state index in [2.05, 4.69) is 63.8 Å². The summed E-state index contributed by atoms with van der Waals surface area (Å²) in [5.41, 5.74) is 6.55. The van der Waals surface area contributed by atoms with Crippen molar-refractivity contribution in [2.75, 3.05) is 0 Å². The van der Waals surface area contributed by atoms with Crippen LogP contribution in [0, 0.1) is 13.8 Å². The normalized spacial score (nSPS) is 12.7. The van der Waals surface area contributed by atoms with Gasteiger partial charge in [-0.25, -0.2) is 4.98 Å². The van der Waals surface area contributed by atoms with E-state index in [9.17, 15) is 0 Å². The van der Waals surface area contributed by atoms with Crippen LogP contribution in [-0.2, 0) is 13.0 Å². The van der Waals surface area contributed by atoms with Gasteiger partial charge in [-0.3, -0.25) is 11.3 Å². The van der Waals surface area contributed by atoms with E-state index >= 15 is 0 Å². The van der Waals surface area contributed by atoms with Crippen LogP contribution in [0.25, 0.3) is 0 Å². The maximum absolute atomic E-state index is 5.75. The third-order valence-electron chi connectivity index (χ3n) is 3.59. The molecule has 3 N–H and O–H groups in total. The molecule has 0 bridgehead atoms. The Labute approximate surface area is 128 Å². The molecule has 0 radical (unpaired) electrons. The molecule has 1 atom stereocenters. The second kappa shape index (κ2) is 6.52. The number of nitrogens with one attached hydrogen (secondary N) is 1.